The highest BCUT2D eigenvalue weighted by Crippen LogP contribution is 2.23. The SMILES string of the molecule is CNc1nccc(N2C[C@H](OC)[C@H](NC(=O)c3cc4c([nH]3)CCC4)C2)n1. The molecule has 26 heavy (non-hydrogen) atoms. The van der Waals surface area contributed by atoms with Gasteiger partial charge in [-0.3, -0.25) is 4.79 Å². The minimum absolute atomic E-state index is 0.0769. The number of aromatic amines is 1. The molecule has 4 rings (SSSR count). The molecule has 0 saturated carbocycles. The Kier molecular flexibility index (Phi) is 4.50. The van der Waals surface area contributed by atoms with Gasteiger partial charge >= 0.3 is 0 Å². The van der Waals surface area contributed by atoms with E-state index >= 15 is 0 Å². The molecule has 1 aliphatic heterocycles. The normalized spacial score (nSPS) is 21.7. The summed E-state index contributed by atoms with van der Waals surface area (Å²) < 4.78 is 5.60. The molecule has 1 amide bonds. The van der Waals surface area contributed by atoms with Crippen LogP contribution in [0.4, 0.5) is 11.8 Å². The molecule has 0 aromatic carbocycles. The molecule has 2 aliphatic rings. The van der Waals surface area contributed by atoms with Crippen LogP contribution in [0, 0.1) is 0 Å². The topological polar surface area (TPSA) is 95.2 Å². The van der Waals surface area contributed by atoms with Crippen LogP contribution in [0.3, 0.4) is 0 Å². The number of carbonyl (C=O) groups excluding carboxylic acids is 1. The maximum Gasteiger partial charge on any atom is 0.268 e. The number of methoxy groups -OCH3 is 1. The lowest BCUT2D eigenvalue weighted by atomic mass is 10.2. The molecule has 0 radical (unpaired) electrons. The lowest BCUT2D eigenvalue weighted by molar-refractivity contribution is 0.0778. The number of fused-ring (bicyclic) bond motifs is 1. The van der Waals surface area contributed by atoms with Crippen molar-refractivity contribution in [2.24, 2.45) is 0 Å². The molecule has 3 heterocycles. The van der Waals surface area contributed by atoms with E-state index in [-0.39, 0.29) is 18.1 Å². The molecule has 2 aromatic heterocycles. The fraction of sp³-hybridized carbons (Fsp3) is 0.500. The van der Waals surface area contributed by atoms with Crippen LogP contribution in [0.2, 0.25) is 0 Å². The van der Waals surface area contributed by atoms with Crippen LogP contribution in [-0.4, -0.2) is 60.3 Å². The van der Waals surface area contributed by atoms with Crippen molar-refractivity contribution in [3.8, 4) is 0 Å². The molecule has 8 nitrogen and oxygen atoms in total. The molecular weight excluding hydrogens is 332 g/mol. The molecule has 1 fully saturated rings. The number of aryl methyl sites for hydroxylation is 2. The molecule has 2 atom stereocenters. The quantitative estimate of drug-likeness (QED) is 0.739. The highest BCUT2D eigenvalue weighted by atomic mass is 16.5. The molecule has 2 aromatic rings. The standard InChI is InChI=1S/C18H24N6O2/c1-19-18-20-7-6-16(23-18)24-9-14(15(10-24)26-2)22-17(25)13-8-11-4-3-5-12(11)21-13/h6-8,14-15,21H,3-5,9-10H2,1-2H3,(H,22,25)(H,19,20,23)/t14-,15+/m1/s1. The Morgan fingerprint density at radius 2 is 2.27 bits per heavy atom. The van der Waals surface area contributed by atoms with Gasteiger partial charge in [0.25, 0.3) is 5.91 Å². The van der Waals surface area contributed by atoms with Gasteiger partial charge in [-0.1, -0.05) is 0 Å². The monoisotopic (exact) mass is 356 g/mol. The van der Waals surface area contributed by atoms with Crippen molar-refractivity contribution in [1.29, 1.82) is 0 Å². The predicted molar refractivity (Wildman–Crippen MR) is 98.7 cm³/mol. The zero-order chi connectivity index (χ0) is 18.1. The molecule has 138 valence electrons. The smallest absolute Gasteiger partial charge is 0.268 e. The minimum Gasteiger partial charge on any atom is -0.377 e. The summed E-state index contributed by atoms with van der Waals surface area (Å²) in [5.74, 6) is 1.32. The van der Waals surface area contributed by atoms with E-state index in [1.54, 1.807) is 20.4 Å². The van der Waals surface area contributed by atoms with E-state index in [1.165, 1.54) is 17.7 Å². The first-order valence-electron chi connectivity index (χ1n) is 8.98. The molecule has 1 aliphatic carbocycles. The van der Waals surface area contributed by atoms with Crippen LogP contribution in [0.15, 0.2) is 18.3 Å². The van der Waals surface area contributed by atoms with Gasteiger partial charge in [0.2, 0.25) is 5.95 Å². The largest absolute Gasteiger partial charge is 0.377 e. The summed E-state index contributed by atoms with van der Waals surface area (Å²) in [6.07, 6.45) is 4.89. The van der Waals surface area contributed by atoms with Gasteiger partial charge in [0.05, 0.1) is 12.1 Å². The number of rotatable bonds is 5. The van der Waals surface area contributed by atoms with Gasteiger partial charge in [-0.05, 0) is 37.0 Å². The molecule has 1 saturated heterocycles. The summed E-state index contributed by atoms with van der Waals surface area (Å²) in [6, 6.07) is 3.75. The Bertz CT molecular complexity index is 783. The second kappa shape index (κ2) is 6.95. The molecule has 0 unspecified atom stereocenters. The Labute approximate surface area is 152 Å². The van der Waals surface area contributed by atoms with Gasteiger partial charge in [0, 0.05) is 39.1 Å². The average molecular weight is 356 g/mol. The van der Waals surface area contributed by atoms with E-state index in [4.69, 9.17) is 4.74 Å². The first-order valence-corrected chi connectivity index (χ1v) is 8.98. The fourth-order valence-electron chi connectivity index (χ4n) is 3.79. The van der Waals surface area contributed by atoms with Crippen molar-refractivity contribution in [1.82, 2.24) is 20.3 Å². The number of ether oxygens (including phenoxy) is 1. The van der Waals surface area contributed by atoms with Crippen molar-refractivity contribution >= 4 is 17.7 Å². The van der Waals surface area contributed by atoms with Crippen LogP contribution in [-0.2, 0) is 17.6 Å². The number of hydrogen-bond donors (Lipinski definition) is 3. The fourth-order valence-corrected chi connectivity index (χ4v) is 3.79. The van der Waals surface area contributed by atoms with Crippen LogP contribution >= 0.6 is 0 Å². The van der Waals surface area contributed by atoms with Gasteiger partial charge in [-0.2, -0.15) is 4.98 Å². The van der Waals surface area contributed by atoms with Crippen molar-refractivity contribution in [3.63, 3.8) is 0 Å². The zero-order valence-electron chi connectivity index (χ0n) is 15.1. The number of aromatic nitrogens is 3. The number of carbonyl (C=O) groups is 1. The van der Waals surface area contributed by atoms with E-state index in [9.17, 15) is 4.79 Å². The number of nitrogens with zero attached hydrogens (tertiary/aromatic N) is 3. The van der Waals surface area contributed by atoms with Crippen molar-refractivity contribution in [2.75, 3.05) is 37.5 Å². The zero-order valence-corrected chi connectivity index (χ0v) is 15.1. The van der Waals surface area contributed by atoms with E-state index in [1.807, 2.05) is 12.1 Å². The summed E-state index contributed by atoms with van der Waals surface area (Å²) in [4.78, 5) is 26.7. The van der Waals surface area contributed by atoms with E-state index in [0.717, 1.165) is 18.7 Å². The lowest BCUT2D eigenvalue weighted by Gasteiger charge is -2.18. The van der Waals surface area contributed by atoms with Crippen LogP contribution < -0.4 is 15.5 Å². The second-order valence-corrected chi connectivity index (χ2v) is 6.79. The van der Waals surface area contributed by atoms with Gasteiger partial charge in [0.15, 0.2) is 0 Å². The minimum atomic E-state index is -0.0985. The molecular formula is C18H24N6O2. The van der Waals surface area contributed by atoms with Crippen molar-refractivity contribution < 1.29 is 9.53 Å². The van der Waals surface area contributed by atoms with Gasteiger partial charge in [0.1, 0.15) is 11.5 Å². The van der Waals surface area contributed by atoms with Crippen LogP contribution in [0.25, 0.3) is 0 Å². The third-order valence-corrected chi connectivity index (χ3v) is 5.18. The Hall–Kier alpha value is -2.61. The summed E-state index contributed by atoms with van der Waals surface area (Å²) in [7, 11) is 3.47. The Morgan fingerprint density at radius 3 is 3.04 bits per heavy atom. The summed E-state index contributed by atoms with van der Waals surface area (Å²) in [5, 5.41) is 6.06. The van der Waals surface area contributed by atoms with Crippen LogP contribution in [0.5, 0.6) is 0 Å². The van der Waals surface area contributed by atoms with Gasteiger partial charge in [-0.15, -0.1) is 0 Å². The summed E-state index contributed by atoms with van der Waals surface area (Å²) in [6.45, 7) is 1.31. The van der Waals surface area contributed by atoms with Crippen molar-refractivity contribution in [2.45, 2.75) is 31.4 Å². The highest BCUT2D eigenvalue weighted by molar-refractivity contribution is 5.93. The average Bonchev–Trinajstić information content (AvgIpc) is 3.36. The Morgan fingerprint density at radius 1 is 1.38 bits per heavy atom. The number of anilines is 2. The third-order valence-electron chi connectivity index (χ3n) is 5.18. The summed E-state index contributed by atoms with van der Waals surface area (Å²) >= 11 is 0. The number of hydrogen-bond acceptors (Lipinski definition) is 6. The first-order chi connectivity index (χ1) is 12.7. The molecule has 0 bridgehead atoms. The van der Waals surface area contributed by atoms with Gasteiger partial charge in [-0.25, -0.2) is 4.98 Å². The second-order valence-electron chi connectivity index (χ2n) is 6.79. The molecule has 3 N–H and O–H groups in total. The number of H-pyrrole nitrogens is 1. The van der Waals surface area contributed by atoms with Gasteiger partial charge < -0.3 is 25.3 Å². The number of nitrogens with one attached hydrogen (secondary N) is 3. The lowest BCUT2D eigenvalue weighted by Crippen LogP contribution is -2.43. The van der Waals surface area contributed by atoms with E-state index < -0.39 is 0 Å². The molecule has 8 heteroatoms. The van der Waals surface area contributed by atoms with Crippen LogP contribution in [0.1, 0.15) is 28.2 Å². The summed E-state index contributed by atoms with van der Waals surface area (Å²) in [5.41, 5.74) is 3.11. The predicted octanol–water partition coefficient (Wildman–Crippen LogP) is 0.969. The maximum atomic E-state index is 12.7. The van der Waals surface area contributed by atoms with Crippen molar-refractivity contribution in [3.05, 3.63) is 35.3 Å². The van der Waals surface area contributed by atoms with E-state index in [0.29, 0.717) is 24.7 Å². The maximum absolute atomic E-state index is 12.7. The van der Waals surface area contributed by atoms with E-state index in [2.05, 4.69) is 30.5 Å². The number of amides is 1. The molecule has 0 spiro atoms. The Balaban J connectivity index is 1.46. The first kappa shape index (κ1) is 16.8. The third kappa shape index (κ3) is 3.12. The highest BCUT2D eigenvalue weighted by Gasteiger charge is 2.35.